The fraction of sp³-hybridized carbons (Fsp3) is 0.389. The standard InChI is InChI=1S/C18H22N4O2/c1-13-6-3-4-7-15(13)19-16(23)8-9-18(24)21-10-5-11-22-17(21)12-14(2)20-22/h3-4,6-7,12H,5,8-11H2,1-2H3,(H,19,23). The molecule has 6 nitrogen and oxygen atoms in total. The van der Waals surface area contributed by atoms with Crippen LogP contribution in [0.4, 0.5) is 11.5 Å². The number of hydrogen-bond donors (Lipinski definition) is 1. The first kappa shape index (κ1) is 16.2. The number of nitrogens with one attached hydrogen (secondary N) is 1. The molecular formula is C18H22N4O2. The first-order valence-electron chi connectivity index (χ1n) is 8.25. The molecular weight excluding hydrogens is 304 g/mol. The predicted octanol–water partition coefficient (Wildman–Crippen LogP) is 2.66. The van der Waals surface area contributed by atoms with Crippen LogP contribution < -0.4 is 10.2 Å². The molecule has 1 aliphatic heterocycles. The molecule has 1 N–H and O–H groups in total. The van der Waals surface area contributed by atoms with E-state index in [4.69, 9.17) is 0 Å². The van der Waals surface area contributed by atoms with E-state index in [1.807, 2.05) is 48.9 Å². The zero-order chi connectivity index (χ0) is 17.1. The second kappa shape index (κ2) is 6.86. The lowest BCUT2D eigenvalue weighted by molar-refractivity contribution is -0.122. The molecule has 126 valence electrons. The number of carbonyl (C=O) groups is 2. The molecule has 0 aliphatic carbocycles. The van der Waals surface area contributed by atoms with Gasteiger partial charge in [0.1, 0.15) is 5.82 Å². The van der Waals surface area contributed by atoms with E-state index in [1.54, 1.807) is 4.90 Å². The number of para-hydroxylation sites is 1. The summed E-state index contributed by atoms with van der Waals surface area (Å²) in [4.78, 5) is 26.3. The third-order valence-corrected chi connectivity index (χ3v) is 4.20. The number of rotatable bonds is 4. The van der Waals surface area contributed by atoms with Crippen LogP contribution in [0.3, 0.4) is 0 Å². The molecule has 1 aliphatic rings. The number of aromatic nitrogens is 2. The third-order valence-electron chi connectivity index (χ3n) is 4.20. The van der Waals surface area contributed by atoms with Crippen LogP contribution in [0.25, 0.3) is 0 Å². The van der Waals surface area contributed by atoms with Gasteiger partial charge in [-0.2, -0.15) is 5.10 Å². The topological polar surface area (TPSA) is 67.2 Å². The van der Waals surface area contributed by atoms with Gasteiger partial charge in [0.25, 0.3) is 0 Å². The monoisotopic (exact) mass is 326 g/mol. The van der Waals surface area contributed by atoms with Gasteiger partial charge in [-0.1, -0.05) is 18.2 Å². The van der Waals surface area contributed by atoms with E-state index in [0.29, 0.717) is 6.54 Å². The number of nitrogens with zero attached hydrogens (tertiary/aromatic N) is 3. The summed E-state index contributed by atoms with van der Waals surface area (Å²) < 4.78 is 1.87. The average Bonchev–Trinajstić information content (AvgIpc) is 2.94. The number of amides is 2. The molecule has 2 amide bonds. The summed E-state index contributed by atoms with van der Waals surface area (Å²) in [5, 5.41) is 7.25. The molecule has 0 saturated carbocycles. The van der Waals surface area contributed by atoms with E-state index >= 15 is 0 Å². The molecule has 0 bridgehead atoms. The van der Waals surface area contributed by atoms with Crippen LogP contribution in [0, 0.1) is 13.8 Å². The molecule has 1 aromatic carbocycles. The van der Waals surface area contributed by atoms with Crippen molar-refractivity contribution in [3.8, 4) is 0 Å². The minimum atomic E-state index is -0.139. The Morgan fingerprint density at radius 1 is 1.17 bits per heavy atom. The van der Waals surface area contributed by atoms with Crippen molar-refractivity contribution in [3.05, 3.63) is 41.6 Å². The first-order valence-corrected chi connectivity index (χ1v) is 8.25. The minimum Gasteiger partial charge on any atom is -0.326 e. The molecule has 2 heterocycles. The lowest BCUT2D eigenvalue weighted by atomic mass is 10.2. The number of anilines is 2. The van der Waals surface area contributed by atoms with E-state index in [1.165, 1.54) is 0 Å². The van der Waals surface area contributed by atoms with Gasteiger partial charge in [0.2, 0.25) is 11.8 Å². The van der Waals surface area contributed by atoms with Gasteiger partial charge in [-0.15, -0.1) is 0 Å². The highest BCUT2D eigenvalue weighted by atomic mass is 16.2. The van der Waals surface area contributed by atoms with E-state index < -0.39 is 0 Å². The van der Waals surface area contributed by atoms with Crippen molar-refractivity contribution < 1.29 is 9.59 Å². The molecule has 1 aromatic heterocycles. The Kier molecular flexibility index (Phi) is 4.64. The van der Waals surface area contributed by atoms with Gasteiger partial charge in [0.15, 0.2) is 0 Å². The van der Waals surface area contributed by atoms with E-state index in [0.717, 1.165) is 35.7 Å². The van der Waals surface area contributed by atoms with Crippen LogP contribution in [-0.2, 0) is 16.1 Å². The molecule has 0 atom stereocenters. The lowest BCUT2D eigenvalue weighted by Crippen LogP contribution is -2.37. The maximum absolute atomic E-state index is 12.5. The highest BCUT2D eigenvalue weighted by molar-refractivity contribution is 5.98. The average molecular weight is 326 g/mol. The third kappa shape index (κ3) is 3.48. The lowest BCUT2D eigenvalue weighted by Gasteiger charge is -2.27. The minimum absolute atomic E-state index is 0.0317. The molecule has 24 heavy (non-hydrogen) atoms. The highest BCUT2D eigenvalue weighted by Gasteiger charge is 2.24. The van der Waals surface area contributed by atoms with Crippen LogP contribution in [0.5, 0.6) is 0 Å². The summed E-state index contributed by atoms with van der Waals surface area (Å²) in [5.74, 6) is 0.665. The fourth-order valence-electron chi connectivity index (χ4n) is 2.94. The van der Waals surface area contributed by atoms with Crippen LogP contribution >= 0.6 is 0 Å². The second-order valence-electron chi connectivity index (χ2n) is 6.13. The van der Waals surface area contributed by atoms with Crippen LogP contribution in [0.1, 0.15) is 30.5 Å². The van der Waals surface area contributed by atoms with Crippen molar-refractivity contribution >= 4 is 23.3 Å². The quantitative estimate of drug-likeness (QED) is 0.939. The van der Waals surface area contributed by atoms with Gasteiger partial charge in [-0.25, -0.2) is 4.68 Å². The van der Waals surface area contributed by atoms with Gasteiger partial charge in [0, 0.05) is 37.7 Å². The smallest absolute Gasteiger partial charge is 0.228 e. The molecule has 0 fully saturated rings. The van der Waals surface area contributed by atoms with Crippen molar-refractivity contribution in [1.82, 2.24) is 9.78 Å². The van der Waals surface area contributed by atoms with Crippen molar-refractivity contribution in [2.75, 3.05) is 16.8 Å². The van der Waals surface area contributed by atoms with Crippen molar-refractivity contribution in [1.29, 1.82) is 0 Å². The predicted molar refractivity (Wildman–Crippen MR) is 93.0 cm³/mol. The van der Waals surface area contributed by atoms with E-state index in [-0.39, 0.29) is 24.7 Å². The number of hydrogen-bond acceptors (Lipinski definition) is 3. The zero-order valence-electron chi connectivity index (χ0n) is 14.1. The fourth-order valence-corrected chi connectivity index (χ4v) is 2.94. The number of fused-ring (bicyclic) bond motifs is 1. The van der Waals surface area contributed by atoms with Crippen molar-refractivity contribution in [2.45, 2.75) is 39.7 Å². The summed E-state index contributed by atoms with van der Waals surface area (Å²) in [6, 6.07) is 9.53. The number of aryl methyl sites for hydroxylation is 3. The first-order chi connectivity index (χ1) is 11.5. The van der Waals surface area contributed by atoms with Crippen molar-refractivity contribution in [2.24, 2.45) is 0 Å². The van der Waals surface area contributed by atoms with E-state index in [9.17, 15) is 9.59 Å². The summed E-state index contributed by atoms with van der Waals surface area (Å²) >= 11 is 0. The van der Waals surface area contributed by atoms with E-state index in [2.05, 4.69) is 10.4 Å². The Morgan fingerprint density at radius 2 is 1.96 bits per heavy atom. The molecule has 0 spiro atoms. The van der Waals surface area contributed by atoms with Gasteiger partial charge in [-0.3, -0.25) is 14.5 Å². The maximum Gasteiger partial charge on any atom is 0.228 e. The van der Waals surface area contributed by atoms with Gasteiger partial charge >= 0.3 is 0 Å². The SMILES string of the molecule is Cc1cc2n(n1)CCCN2C(=O)CCC(=O)Nc1ccccc1C. The van der Waals surface area contributed by atoms with Crippen LogP contribution in [0.2, 0.25) is 0 Å². The number of carbonyl (C=O) groups excluding carboxylic acids is 2. The molecule has 6 heteroatoms. The maximum atomic E-state index is 12.5. The summed E-state index contributed by atoms with van der Waals surface area (Å²) in [6.45, 7) is 5.38. The molecule has 2 aromatic rings. The highest BCUT2D eigenvalue weighted by Crippen LogP contribution is 2.22. The molecule has 0 unspecified atom stereocenters. The Labute approximate surface area is 141 Å². The zero-order valence-corrected chi connectivity index (χ0v) is 14.1. The summed E-state index contributed by atoms with van der Waals surface area (Å²) in [5.41, 5.74) is 2.70. The Morgan fingerprint density at radius 3 is 2.75 bits per heavy atom. The number of benzene rings is 1. The largest absolute Gasteiger partial charge is 0.326 e. The van der Waals surface area contributed by atoms with Gasteiger partial charge < -0.3 is 5.32 Å². The van der Waals surface area contributed by atoms with Crippen LogP contribution in [-0.4, -0.2) is 28.1 Å². The Hall–Kier alpha value is -2.63. The van der Waals surface area contributed by atoms with Crippen molar-refractivity contribution in [3.63, 3.8) is 0 Å². The Balaban J connectivity index is 1.58. The summed E-state index contributed by atoms with van der Waals surface area (Å²) in [7, 11) is 0. The van der Waals surface area contributed by atoms with Gasteiger partial charge in [-0.05, 0) is 31.9 Å². The molecule has 0 radical (unpaired) electrons. The van der Waals surface area contributed by atoms with Gasteiger partial charge in [0.05, 0.1) is 5.69 Å². The molecule has 3 rings (SSSR count). The summed E-state index contributed by atoms with van der Waals surface area (Å²) in [6.07, 6.45) is 1.26. The normalized spacial score (nSPS) is 13.5. The van der Waals surface area contributed by atoms with Crippen LogP contribution in [0.15, 0.2) is 30.3 Å². The molecule has 0 saturated heterocycles. The second-order valence-corrected chi connectivity index (χ2v) is 6.13. The Bertz CT molecular complexity index is 766.